The number of rotatable bonds is 9. The third-order valence-electron chi connectivity index (χ3n) is 4.79. The number of hydrogen-bond donors (Lipinski definition) is 0. The minimum Gasteiger partial charge on any atom is -0.298 e. The van der Waals surface area contributed by atoms with Gasteiger partial charge in [0.05, 0.1) is 37.1 Å². The third kappa shape index (κ3) is 5.17. The minimum absolute atomic E-state index is 0.0761. The first-order valence-electron chi connectivity index (χ1n) is 9.31. The highest BCUT2D eigenvalue weighted by Gasteiger charge is 2.26. The summed E-state index contributed by atoms with van der Waals surface area (Å²) in [5.41, 5.74) is 2.14. The zero-order valence-corrected chi connectivity index (χ0v) is 16.2. The Balaban J connectivity index is 2.16. The average Bonchev–Trinajstić information content (AvgIpc) is 2.76. The van der Waals surface area contributed by atoms with Gasteiger partial charge in [0, 0.05) is 12.8 Å². The maximum Gasteiger partial charge on any atom is 0.154 e. The fraction of sp³-hybridized carbons (Fsp3) is 0.250. The van der Waals surface area contributed by atoms with Crippen LogP contribution in [-0.2, 0) is 22.4 Å². The van der Waals surface area contributed by atoms with Crippen molar-refractivity contribution in [3.05, 3.63) is 70.8 Å². The van der Waals surface area contributed by atoms with Crippen LogP contribution in [0.1, 0.15) is 46.9 Å². The molecular weight excluding hydrogens is 376 g/mol. The summed E-state index contributed by atoms with van der Waals surface area (Å²) in [6.07, 6.45) is -0.216. The average molecular weight is 394 g/mol. The molecule has 0 fully saturated rings. The molecule has 2 aromatic rings. The number of carbonyl (C=O) groups excluding carboxylic acids is 2. The van der Waals surface area contributed by atoms with Crippen LogP contribution in [0, 0.1) is 45.3 Å². The van der Waals surface area contributed by atoms with E-state index >= 15 is 0 Å². The molecule has 0 aliphatic rings. The predicted octanol–water partition coefficient (Wildman–Crippen LogP) is 3.65. The number of carbonyl (C=O) groups is 2. The van der Waals surface area contributed by atoms with E-state index in [4.69, 9.17) is 10.5 Å². The fourth-order valence-electron chi connectivity index (χ4n) is 3.29. The Hall–Kier alpha value is -4.26. The summed E-state index contributed by atoms with van der Waals surface area (Å²) >= 11 is 0. The van der Waals surface area contributed by atoms with Gasteiger partial charge in [0.1, 0.15) is 11.8 Å². The molecular formula is C24H18N4O2. The van der Waals surface area contributed by atoms with Crippen molar-refractivity contribution in [1.82, 2.24) is 0 Å². The van der Waals surface area contributed by atoms with Gasteiger partial charge < -0.3 is 0 Å². The van der Waals surface area contributed by atoms with Crippen LogP contribution in [0.4, 0.5) is 0 Å². The molecule has 6 nitrogen and oxygen atoms in total. The van der Waals surface area contributed by atoms with Gasteiger partial charge in [0.25, 0.3) is 0 Å². The molecule has 0 spiro atoms. The first kappa shape index (κ1) is 22.0. The van der Waals surface area contributed by atoms with E-state index in [1.165, 1.54) is 0 Å². The highest BCUT2D eigenvalue weighted by Crippen LogP contribution is 2.26. The molecule has 0 N–H and O–H groups in total. The van der Waals surface area contributed by atoms with E-state index in [0.717, 1.165) is 0 Å². The van der Waals surface area contributed by atoms with Crippen molar-refractivity contribution in [3.63, 3.8) is 0 Å². The van der Waals surface area contributed by atoms with Gasteiger partial charge >= 0.3 is 0 Å². The van der Waals surface area contributed by atoms with Gasteiger partial charge in [-0.3, -0.25) is 9.59 Å². The van der Waals surface area contributed by atoms with E-state index in [2.05, 4.69) is 0 Å². The number of Topliss-reactive ketones (excluding diaryl/α,β-unsaturated/α-hetero) is 2. The molecule has 2 rings (SSSR count). The molecule has 0 unspecified atom stereocenters. The monoisotopic (exact) mass is 394 g/mol. The summed E-state index contributed by atoms with van der Waals surface area (Å²) in [4.78, 5) is 25.3. The second kappa shape index (κ2) is 10.9. The normalized spacial score (nSPS) is 11.7. The lowest BCUT2D eigenvalue weighted by molar-refractivity contribution is -0.124. The second-order valence-electron chi connectivity index (χ2n) is 6.62. The Morgan fingerprint density at radius 3 is 1.37 bits per heavy atom. The van der Waals surface area contributed by atoms with Gasteiger partial charge in [0.15, 0.2) is 11.6 Å². The highest BCUT2D eigenvalue weighted by molar-refractivity contribution is 5.95. The SMILES string of the molecule is N#CCc1ccccc1[C@H](C#N)C(=O)CCC(=O)[C@@H](C#N)c1ccccc1CC#N. The molecule has 0 saturated carbocycles. The molecule has 6 heteroatoms. The van der Waals surface area contributed by atoms with Crippen LogP contribution in [-0.4, -0.2) is 11.6 Å². The maximum absolute atomic E-state index is 12.7. The van der Waals surface area contributed by atoms with E-state index in [1.54, 1.807) is 48.5 Å². The van der Waals surface area contributed by atoms with Crippen molar-refractivity contribution in [2.45, 2.75) is 37.5 Å². The van der Waals surface area contributed by atoms with Crippen molar-refractivity contribution in [2.75, 3.05) is 0 Å². The van der Waals surface area contributed by atoms with Crippen LogP contribution >= 0.6 is 0 Å². The quantitative estimate of drug-likeness (QED) is 0.638. The first-order valence-corrected chi connectivity index (χ1v) is 9.31. The van der Waals surface area contributed by atoms with Crippen LogP contribution < -0.4 is 0 Å². The first-order chi connectivity index (χ1) is 14.6. The van der Waals surface area contributed by atoms with E-state index in [0.29, 0.717) is 22.3 Å². The molecule has 0 aliphatic carbocycles. The molecule has 30 heavy (non-hydrogen) atoms. The van der Waals surface area contributed by atoms with Gasteiger partial charge in [-0.2, -0.15) is 21.0 Å². The molecule has 0 aliphatic heterocycles. The van der Waals surface area contributed by atoms with Crippen LogP contribution in [0.2, 0.25) is 0 Å². The maximum atomic E-state index is 12.7. The summed E-state index contributed by atoms with van der Waals surface area (Å²) in [7, 11) is 0. The lowest BCUT2D eigenvalue weighted by Gasteiger charge is -2.14. The zero-order chi connectivity index (χ0) is 21.9. The Labute approximate surface area is 175 Å². The van der Waals surface area contributed by atoms with Gasteiger partial charge in [-0.15, -0.1) is 0 Å². The highest BCUT2D eigenvalue weighted by atomic mass is 16.1. The Bertz CT molecular complexity index is 1020. The number of ketones is 2. The topological polar surface area (TPSA) is 129 Å². The molecule has 0 amide bonds. The molecule has 0 heterocycles. The minimum atomic E-state index is -1.08. The van der Waals surface area contributed by atoms with Gasteiger partial charge in [-0.05, 0) is 22.3 Å². The molecule has 2 atom stereocenters. The van der Waals surface area contributed by atoms with Crippen LogP contribution in [0.25, 0.3) is 0 Å². The van der Waals surface area contributed by atoms with Crippen molar-refractivity contribution in [3.8, 4) is 24.3 Å². The predicted molar refractivity (Wildman–Crippen MR) is 107 cm³/mol. The van der Waals surface area contributed by atoms with Crippen LogP contribution in [0.3, 0.4) is 0 Å². The van der Waals surface area contributed by atoms with Gasteiger partial charge in [0.2, 0.25) is 0 Å². The summed E-state index contributed by atoms with van der Waals surface area (Å²) in [6.45, 7) is 0. The molecule has 2 aromatic carbocycles. The van der Waals surface area contributed by atoms with E-state index < -0.39 is 23.4 Å². The van der Waals surface area contributed by atoms with Crippen molar-refractivity contribution < 1.29 is 9.59 Å². The smallest absolute Gasteiger partial charge is 0.154 e. The number of benzene rings is 2. The largest absolute Gasteiger partial charge is 0.298 e. The molecule has 0 saturated heterocycles. The summed E-state index contributed by atoms with van der Waals surface area (Å²) in [5, 5.41) is 36.9. The Morgan fingerprint density at radius 2 is 1.03 bits per heavy atom. The summed E-state index contributed by atoms with van der Waals surface area (Å²) in [5.74, 6) is -3.01. The van der Waals surface area contributed by atoms with Gasteiger partial charge in [-0.1, -0.05) is 48.5 Å². The molecule has 146 valence electrons. The van der Waals surface area contributed by atoms with Crippen molar-refractivity contribution >= 4 is 11.6 Å². The van der Waals surface area contributed by atoms with E-state index in [9.17, 15) is 20.1 Å². The van der Waals surface area contributed by atoms with Crippen molar-refractivity contribution in [2.24, 2.45) is 0 Å². The van der Waals surface area contributed by atoms with Crippen LogP contribution in [0.5, 0.6) is 0 Å². The van der Waals surface area contributed by atoms with E-state index in [1.807, 2.05) is 24.3 Å². The molecule has 0 bridgehead atoms. The number of hydrogen-bond acceptors (Lipinski definition) is 6. The summed E-state index contributed by atoms with van der Waals surface area (Å²) in [6, 6.07) is 21.5. The zero-order valence-electron chi connectivity index (χ0n) is 16.2. The second-order valence-corrected chi connectivity index (χ2v) is 6.62. The molecule has 0 aromatic heterocycles. The molecule has 0 radical (unpaired) electrons. The third-order valence-corrected chi connectivity index (χ3v) is 4.79. The Morgan fingerprint density at radius 1 is 0.667 bits per heavy atom. The lowest BCUT2D eigenvalue weighted by atomic mass is 9.86. The van der Waals surface area contributed by atoms with Crippen LogP contribution in [0.15, 0.2) is 48.5 Å². The summed E-state index contributed by atoms with van der Waals surface area (Å²) < 4.78 is 0. The van der Waals surface area contributed by atoms with Crippen molar-refractivity contribution in [1.29, 1.82) is 21.0 Å². The number of nitrogens with zero attached hydrogens (tertiary/aromatic N) is 4. The fourth-order valence-corrected chi connectivity index (χ4v) is 3.29. The lowest BCUT2D eigenvalue weighted by Crippen LogP contribution is -2.17. The van der Waals surface area contributed by atoms with Gasteiger partial charge in [-0.25, -0.2) is 0 Å². The standard InChI is InChI=1S/C24H18N4O2/c25-13-11-17-5-1-3-7-19(17)21(15-27)23(29)9-10-24(30)22(16-28)20-8-4-2-6-18(20)12-14-26/h1-8,21-22H,9-12H2/t21-,22-/m0/s1. The van der Waals surface area contributed by atoms with E-state index in [-0.39, 0.29) is 25.7 Å². The number of nitriles is 4. The Kier molecular flexibility index (Phi) is 8.02.